The molecule has 1 aromatic heterocycles. The molecule has 3 aromatic rings. The molecular formula is C19H21Br2N3O. The third-order valence-corrected chi connectivity index (χ3v) is 5.84. The van der Waals surface area contributed by atoms with E-state index in [9.17, 15) is 5.11 Å². The van der Waals surface area contributed by atoms with Gasteiger partial charge in [-0.25, -0.2) is 0 Å². The second-order valence-corrected chi connectivity index (χ2v) is 8.36. The van der Waals surface area contributed by atoms with Crippen LogP contribution in [0.25, 0.3) is 21.8 Å². The molecule has 2 N–H and O–H groups in total. The largest absolute Gasteiger partial charge is 0.395 e. The molecule has 1 aliphatic rings. The molecule has 2 heterocycles. The summed E-state index contributed by atoms with van der Waals surface area (Å²) in [5.41, 5.74) is 3.72. The lowest BCUT2D eigenvalue weighted by molar-refractivity contribution is 0.233. The molecule has 0 radical (unpaired) electrons. The Labute approximate surface area is 164 Å². The van der Waals surface area contributed by atoms with Crippen molar-refractivity contribution < 1.29 is 5.11 Å². The lowest BCUT2D eigenvalue weighted by atomic mass is 10.1. The van der Waals surface area contributed by atoms with Crippen LogP contribution in [0.15, 0.2) is 39.3 Å². The van der Waals surface area contributed by atoms with Crippen LogP contribution in [-0.2, 0) is 13.1 Å². The highest BCUT2D eigenvalue weighted by molar-refractivity contribution is 9.10. The summed E-state index contributed by atoms with van der Waals surface area (Å²) >= 11 is 7.30. The highest BCUT2D eigenvalue weighted by Crippen LogP contribution is 2.35. The van der Waals surface area contributed by atoms with E-state index in [4.69, 9.17) is 0 Å². The summed E-state index contributed by atoms with van der Waals surface area (Å²) in [4.78, 5) is 2.49. The smallest absolute Gasteiger partial charge is 0.0610 e. The normalized spacial score (nSPS) is 16.1. The molecule has 0 unspecified atom stereocenters. The maximum absolute atomic E-state index is 9.62. The summed E-state index contributed by atoms with van der Waals surface area (Å²) in [5.74, 6) is 0. The number of piperazine rings is 1. The van der Waals surface area contributed by atoms with Crippen LogP contribution in [0.5, 0.6) is 0 Å². The van der Waals surface area contributed by atoms with Gasteiger partial charge in [-0.3, -0.25) is 4.90 Å². The molecule has 0 amide bonds. The second-order valence-electron chi connectivity index (χ2n) is 6.52. The minimum atomic E-state index is 0.137. The van der Waals surface area contributed by atoms with E-state index in [1.165, 1.54) is 27.4 Å². The quantitative estimate of drug-likeness (QED) is 0.615. The molecule has 6 heteroatoms. The number of nitrogens with zero attached hydrogens (tertiary/aromatic N) is 2. The molecule has 0 aliphatic carbocycles. The third kappa shape index (κ3) is 3.38. The maximum atomic E-state index is 9.62. The highest BCUT2D eigenvalue weighted by Gasteiger charge is 2.18. The van der Waals surface area contributed by atoms with Crippen LogP contribution in [0.1, 0.15) is 5.56 Å². The number of hydrogen-bond acceptors (Lipinski definition) is 3. The zero-order valence-corrected chi connectivity index (χ0v) is 17.1. The SMILES string of the molecule is OCCn1c2ccc(Br)cc2c2cc(Br)cc(CN3CCNCC3)c21. The molecule has 4 rings (SSSR count). The Bertz CT molecular complexity index is 916. The summed E-state index contributed by atoms with van der Waals surface area (Å²) in [6.45, 7) is 5.91. The zero-order valence-electron chi connectivity index (χ0n) is 13.9. The van der Waals surface area contributed by atoms with E-state index in [-0.39, 0.29) is 6.61 Å². The van der Waals surface area contributed by atoms with E-state index in [2.05, 4.69) is 77.0 Å². The average Bonchev–Trinajstić information content (AvgIpc) is 2.89. The predicted octanol–water partition coefficient (Wildman–Crippen LogP) is 3.72. The fourth-order valence-electron chi connectivity index (χ4n) is 3.82. The van der Waals surface area contributed by atoms with E-state index in [1.807, 2.05) is 0 Å². The zero-order chi connectivity index (χ0) is 17.4. The average molecular weight is 467 g/mol. The van der Waals surface area contributed by atoms with Gasteiger partial charge in [0.25, 0.3) is 0 Å². The Balaban J connectivity index is 1.93. The van der Waals surface area contributed by atoms with Crippen LogP contribution in [0.3, 0.4) is 0 Å². The molecule has 0 bridgehead atoms. The number of benzene rings is 2. The lowest BCUT2D eigenvalue weighted by Gasteiger charge is -2.27. The molecule has 2 aromatic carbocycles. The van der Waals surface area contributed by atoms with Crippen LogP contribution in [0.2, 0.25) is 0 Å². The first kappa shape index (κ1) is 17.5. The number of hydrogen-bond donors (Lipinski definition) is 2. The molecular weight excluding hydrogens is 446 g/mol. The summed E-state index contributed by atoms with van der Waals surface area (Å²) in [6.07, 6.45) is 0. The van der Waals surface area contributed by atoms with Crippen molar-refractivity contribution >= 4 is 53.7 Å². The Morgan fingerprint density at radius 2 is 1.76 bits per heavy atom. The van der Waals surface area contributed by atoms with Gasteiger partial charge in [0.05, 0.1) is 12.1 Å². The number of aliphatic hydroxyl groups is 1. The summed E-state index contributed by atoms with van der Waals surface area (Å²) in [7, 11) is 0. The minimum absolute atomic E-state index is 0.137. The van der Waals surface area contributed by atoms with Gasteiger partial charge in [-0.15, -0.1) is 0 Å². The third-order valence-electron chi connectivity index (χ3n) is 4.89. The van der Waals surface area contributed by atoms with Crippen molar-refractivity contribution in [3.63, 3.8) is 0 Å². The lowest BCUT2D eigenvalue weighted by Crippen LogP contribution is -2.42. The van der Waals surface area contributed by atoms with Crippen LogP contribution in [0.4, 0.5) is 0 Å². The van der Waals surface area contributed by atoms with Gasteiger partial charge >= 0.3 is 0 Å². The molecule has 0 spiro atoms. The molecule has 1 fully saturated rings. The van der Waals surface area contributed by atoms with E-state index < -0.39 is 0 Å². The highest BCUT2D eigenvalue weighted by atomic mass is 79.9. The van der Waals surface area contributed by atoms with Gasteiger partial charge in [0.15, 0.2) is 0 Å². The Hall–Kier alpha value is -0.920. The van der Waals surface area contributed by atoms with E-state index in [0.717, 1.165) is 41.7 Å². The molecule has 4 nitrogen and oxygen atoms in total. The molecule has 132 valence electrons. The van der Waals surface area contributed by atoms with Gasteiger partial charge in [0.1, 0.15) is 0 Å². The molecule has 25 heavy (non-hydrogen) atoms. The Kier molecular flexibility index (Phi) is 5.15. The standard InChI is InChI=1S/C19H21Br2N3O/c20-14-1-2-18-16(10-14)17-11-15(21)9-13(19(17)24(18)7-8-25)12-23-5-3-22-4-6-23/h1-2,9-11,22,25H,3-8,12H2. The van der Waals surface area contributed by atoms with Gasteiger partial charge in [-0.05, 0) is 35.9 Å². The molecule has 0 atom stereocenters. The Morgan fingerprint density at radius 3 is 2.52 bits per heavy atom. The first-order valence-corrected chi connectivity index (χ1v) is 10.2. The van der Waals surface area contributed by atoms with E-state index in [1.54, 1.807) is 0 Å². The van der Waals surface area contributed by atoms with E-state index >= 15 is 0 Å². The van der Waals surface area contributed by atoms with Crippen molar-refractivity contribution in [3.05, 3.63) is 44.8 Å². The van der Waals surface area contributed by atoms with Gasteiger partial charge in [-0.1, -0.05) is 31.9 Å². The first-order valence-electron chi connectivity index (χ1n) is 8.61. The minimum Gasteiger partial charge on any atom is -0.395 e. The second kappa shape index (κ2) is 7.37. The summed E-state index contributed by atoms with van der Waals surface area (Å²) < 4.78 is 4.45. The number of rotatable bonds is 4. The number of halogens is 2. The van der Waals surface area contributed by atoms with Crippen LogP contribution in [0, 0.1) is 0 Å². The molecule has 1 aliphatic heterocycles. The van der Waals surface area contributed by atoms with Crippen LogP contribution in [-0.4, -0.2) is 47.4 Å². The fraction of sp³-hybridized carbons (Fsp3) is 0.368. The number of fused-ring (bicyclic) bond motifs is 3. The van der Waals surface area contributed by atoms with E-state index in [0.29, 0.717) is 6.54 Å². The van der Waals surface area contributed by atoms with Crippen molar-refractivity contribution in [3.8, 4) is 0 Å². The van der Waals surface area contributed by atoms with Gasteiger partial charge in [0, 0.05) is 64.5 Å². The van der Waals surface area contributed by atoms with Crippen LogP contribution < -0.4 is 5.32 Å². The van der Waals surface area contributed by atoms with Crippen molar-refractivity contribution in [2.45, 2.75) is 13.1 Å². The number of nitrogens with one attached hydrogen (secondary N) is 1. The van der Waals surface area contributed by atoms with Crippen molar-refractivity contribution in [1.82, 2.24) is 14.8 Å². The molecule has 1 saturated heterocycles. The van der Waals surface area contributed by atoms with Gasteiger partial charge in [-0.2, -0.15) is 0 Å². The Morgan fingerprint density at radius 1 is 1.00 bits per heavy atom. The first-order chi connectivity index (χ1) is 12.2. The van der Waals surface area contributed by atoms with Crippen LogP contribution >= 0.6 is 31.9 Å². The van der Waals surface area contributed by atoms with Crippen molar-refractivity contribution in [2.75, 3.05) is 32.8 Å². The number of aromatic nitrogens is 1. The molecule has 0 saturated carbocycles. The topological polar surface area (TPSA) is 40.4 Å². The van der Waals surface area contributed by atoms with Crippen molar-refractivity contribution in [2.24, 2.45) is 0 Å². The maximum Gasteiger partial charge on any atom is 0.0610 e. The van der Waals surface area contributed by atoms with Gasteiger partial charge < -0.3 is 15.0 Å². The summed E-state index contributed by atoms with van der Waals surface area (Å²) in [6, 6.07) is 10.8. The monoisotopic (exact) mass is 465 g/mol. The summed E-state index contributed by atoms with van der Waals surface area (Å²) in [5, 5.41) is 15.5. The predicted molar refractivity (Wildman–Crippen MR) is 110 cm³/mol. The number of aliphatic hydroxyl groups excluding tert-OH is 1. The van der Waals surface area contributed by atoms with Crippen molar-refractivity contribution in [1.29, 1.82) is 0 Å². The fourth-order valence-corrected chi connectivity index (χ4v) is 4.69. The van der Waals surface area contributed by atoms with Gasteiger partial charge in [0.2, 0.25) is 0 Å².